The fourth-order valence-electron chi connectivity index (χ4n) is 2.95. The molecule has 2 amide bonds. The van der Waals surface area contributed by atoms with Crippen molar-refractivity contribution >= 4 is 11.8 Å². The summed E-state index contributed by atoms with van der Waals surface area (Å²) < 4.78 is 10.5. The van der Waals surface area contributed by atoms with Crippen molar-refractivity contribution in [2.75, 3.05) is 20.8 Å². The molecule has 1 heterocycles. The monoisotopic (exact) mass is 320 g/mol. The summed E-state index contributed by atoms with van der Waals surface area (Å²) >= 11 is 0. The molecule has 0 spiro atoms. The van der Waals surface area contributed by atoms with Crippen molar-refractivity contribution in [1.82, 2.24) is 4.90 Å². The summed E-state index contributed by atoms with van der Waals surface area (Å²) in [6, 6.07) is 5.56. The van der Waals surface area contributed by atoms with Crippen molar-refractivity contribution in [3.8, 4) is 11.5 Å². The maximum atomic E-state index is 12.6. The largest absolute Gasteiger partial charge is 0.493 e. The van der Waals surface area contributed by atoms with Gasteiger partial charge in [0.25, 0.3) is 0 Å². The van der Waals surface area contributed by atoms with Gasteiger partial charge in [0.1, 0.15) is 0 Å². The Labute approximate surface area is 136 Å². The van der Waals surface area contributed by atoms with Crippen LogP contribution < -0.4 is 15.2 Å². The minimum atomic E-state index is -0.333. The highest BCUT2D eigenvalue weighted by Gasteiger charge is 2.31. The van der Waals surface area contributed by atoms with E-state index in [0.717, 1.165) is 18.4 Å². The number of amides is 2. The molecule has 6 heteroatoms. The van der Waals surface area contributed by atoms with Crippen LogP contribution in [0.25, 0.3) is 0 Å². The van der Waals surface area contributed by atoms with Gasteiger partial charge >= 0.3 is 0 Å². The molecule has 0 saturated carbocycles. The van der Waals surface area contributed by atoms with Gasteiger partial charge in [-0.1, -0.05) is 6.07 Å². The molecule has 0 aliphatic carbocycles. The number of benzene rings is 1. The second-order valence-corrected chi connectivity index (χ2v) is 5.94. The third-order valence-electron chi connectivity index (χ3n) is 4.41. The Morgan fingerprint density at radius 2 is 1.91 bits per heavy atom. The van der Waals surface area contributed by atoms with Crippen LogP contribution >= 0.6 is 0 Å². The molecule has 1 fully saturated rings. The van der Waals surface area contributed by atoms with Crippen LogP contribution in [0, 0.1) is 5.92 Å². The third kappa shape index (κ3) is 3.94. The lowest BCUT2D eigenvalue weighted by atomic mass is 9.92. The second-order valence-electron chi connectivity index (χ2n) is 5.94. The summed E-state index contributed by atoms with van der Waals surface area (Å²) in [7, 11) is 3.13. The fourth-order valence-corrected chi connectivity index (χ4v) is 2.95. The van der Waals surface area contributed by atoms with E-state index in [-0.39, 0.29) is 30.2 Å². The number of hydrogen-bond donors (Lipinski definition) is 1. The summed E-state index contributed by atoms with van der Waals surface area (Å²) in [5, 5.41) is 0. The van der Waals surface area contributed by atoms with E-state index in [0.29, 0.717) is 18.0 Å². The normalized spacial score (nSPS) is 20.9. The minimum absolute atomic E-state index is 0.00401. The van der Waals surface area contributed by atoms with E-state index in [9.17, 15) is 9.59 Å². The van der Waals surface area contributed by atoms with Gasteiger partial charge in [-0.05, 0) is 37.5 Å². The molecule has 2 N–H and O–H groups in total. The molecule has 1 aliphatic heterocycles. The Balaban J connectivity index is 2.10. The van der Waals surface area contributed by atoms with Crippen LogP contribution in [0.3, 0.4) is 0 Å². The smallest absolute Gasteiger partial charge is 0.227 e. The van der Waals surface area contributed by atoms with Gasteiger partial charge in [-0.3, -0.25) is 9.59 Å². The average Bonchev–Trinajstić information content (AvgIpc) is 2.54. The van der Waals surface area contributed by atoms with Gasteiger partial charge in [-0.25, -0.2) is 0 Å². The lowest BCUT2D eigenvalue weighted by Crippen LogP contribution is -2.49. The molecule has 0 bridgehead atoms. The SMILES string of the molecule is COc1ccc(CC(=O)N2C[C@@H](C(N)=O)CC[C@@H]2C)cc1OC. The summed E-state index contributed by atoms with van der Waals surface area (Å²) in [4.78, 5) is 25.8. The molecule has 1 aromatic rings. The molecule has 6 nitrogen and oxygen atoms in total. The number of nitrogens with two attached hydrogens (primary N) is 1. The molecule has 23 heavy (non-hydrogen) atoms. The van der Waals surface area contributed by atoms with Crippen molar-refractivity contribution < 1.29 is 19.1 Å². The highest BCUT2D eigenvalue weighted by Crippen LogP contribution is 2.28. The van der Waals surface area contributed by atoms with Crippen LogP contribution in [-0.4, -0.2) is 43.5 Å². The van der Waals surface area contributed by atoms with E-state index in [1.807, 2.05) is 13.0 Å². The van der Waals surface area contributed by atoms with Gasteiger partial charge in [0.05, 0.1) is 26.6 Å². The Hall–Kier alpha value is -2.24. The summed E-state index contributed by atoms with van der Waals surface area (Å²) in [5.74, 6) is 0.639. The fraction of sp³-hybridized carbons (Fsp3) is 0.529. The van der Waals surface area contributed by atoms with Gasteiger partial charge in [-0.15, -0.1) is 0 Å². The number of ether oxygens (including phenoxy) is 2. The first-order valence-electron chi connectivity index (χ1n) is 7.76. The van der Waals surface area contributed by atoms with Gasteiger partial charge in [0, 0.05) is 12.6 Å². The van der Waals surface area contributed by atoms with Gasteiger partial charge in [-0.2, -0.15) is 0 Å². The average molecular weight is 320 g/mol. The molecule has 1 aliphatic rings. The van der Waals surface area contributed by atoms with Crippen molar-refractivity contribution in [3.63, 3.8) is 0 Å². The molecular formula is C17H24N2O4. The molecule has 0 radical (unpaired) electrons. The predicted octanol–water partition coefficient (Wildman–Crippen LogP) is 1.36. The minimum Gasteiger partial charge on any atom is -0.493 e. The first kappa shape index (κ1) is 17.1. The quantitative estimate of drug-likeness (QED) is 0.888. The molecule has 0 aromatic heterocycles. The van der Waals surface area contributed by atoms with Crippen molar-refractivity contribution in [3.05, 3.63) is 23.8 Å². The van der Waals surface area contributed by atoms with E-state index in [2.05, 4.69) is 0 Å². The van der Waals surface area contributed by atoms with E-state index >= 15 is 0 Å². The van der Waals surface area contributed by atoms with E-state index in [1.165, 1.54) is 0 Å². The number of carbonyl (C=O) groups excluding carboxylic acids is 2. The molecule has 2 rings (SSSR count). The summed E-state index contributed by atoms with van der Waals surface area (Å²) in [6.07, 6.45) is 1.80. The number of hydrogen-bond acceptors (Lipinski definition) is 4. The molecule has 1 saturated heterocycles. The Bertz CT molecular complexity index is 588. The number of nitrogens with zero attached hydrogens (tertiary/aromatic N) is 1. The van der Waals surface area contributed by atoms with Gasteiger partial charge in [0.2, 0.25) is 11.8 Å². The van der Waals surface area contributed by atoms with Crippen molar-refractivity contribution in [1.29, 1.82) is 0 Å². The Kier molecular flexibility index (Phi) is 5.47. The number of piperidine rings is 1. The number of methoxy groups -OCH3 is 2. The zero-order chi connectivity index (χ0) is 17.0. The van der Waals surface area contributed by atoms with Crippen molar-refractivity contribution in [2.45, 2.75) is 32.2 Å². The molecule has 1 aromatic carbocycles. The van der Waals surface area contributed by atoms with E-state index in [1.54, 1.807) is 31.3 Å². The van der Waals surface area contributed by atoms with Gasteiger partial charge in [0.15, 0.2) is 11.5 Å². The predicted molar refractivity (Wildman–Crippen MR) is 86.3 cm³/mol. The second kappa shape index (κ2) is 7.35. The van der Waals surface area contributed by atoms with Crippen molar-refractivity contribution in [2.24, 2.45) is 11.7 Å². The lowest BCUT2D eigenvalue weighted by Gasteiger charge is -2.37. The van der Waals surface area contributed by atoms with Crippen LogP contribution in [0.2, 0.25) is 0 Å². The van der Waals surface area contributed by atoms with Crippen LogP contribution in [0.15, 0.2) is 18.2 Å². The van der Waals surface area contributed by atoms with Crippen LogP contribution in [0.5, 0.6) is 11.5 Å². The zero-order valence-corrected chi connectivity index (χ0v) is 13.9. The maximum Gasteiger partial charge on any atom is 0.227 e. The highest BCUT2D eigenvalue weighted by molar-refractivity contribution is 5.82. The number of carbonyl (C=O) groups is 2. The number of primary amides is 1. The topological polar surface area (TPSA) is 81.9 Å². The Morgan fingerprint density at radius 1 is 1.22 bits per heavy atom. The third-order valence-corrected chi connectivity index (χ3v) is 4.41. The van der Waals surface area contributed by atoms with Crippen LogP contribution in [0.4, 0.5) is 0 Å². The van der Waals surface area contributed by atoms with Crippen LogP contribution in [0.1, 0.15) is 25.3 Å². The number of rotatable bonds is 5. The number of likely N-dealkylation sites (tertiary alicyclic amines) is 1. The maximum absolute atomic E-state index is 12.6. The Morgan fingerprint density at radius 3 is 2.52 bits per heavy atom. The zero-order valence-electron chi connectivity index (χ0n) is 13.9. The molecule has 126 valence electrons. The van der Waals surface area contributed by atoms with E-state index < -0.39 is 0 Å². The summed E-state index contributed by atoms with van der Waals surface area (Å²) in [6.45, 7) is 2.41. The van der Waals surface area contributed by atoms with Crippen LogP contribution in [-0.2, 0) is 16.0 Å². The lowest BCUT2D eigenvalue weighted by molar-refractivity contribution is -0.136. The molecule has 2 atom stereocenters. The first-order chi connectivity index (χ1) is 11.0. The highest BCUT2D eigenvalue weighted by atomic mass is 16.5. The van der Waals surface area contributed by atoms with E-state index in [4.69, 9.17) is 15.2 Å². The first-order valence-corrected chi connectivity index (χ1v) is 7.76. The molecular weight excluding hydrogens is 296 g/mol. The summed E-state index contributed by atoms with van der Waals surface area (Å²) in [5.41, 5.74) is 6.24. The van der Waals surface area contributed by atoms with Gasteiger partial charge < -0.3 is 20.1 Å². The standard InChI is InChI=1S/C17H24N2O4/c1-11-4-6-13(17(18)21)10-19(11)16(20)9-12-5-7-14(22-2)15(8-12)23-3/h5,7-8,11,13H,4,6,9-10H2,1-3H3,(H2,18,21)/t11-,13-/m0/s1. The molecule has 0 unspecified atom stereocenters.